The molecule has 0 saturated heterocycles. The molecule has 0 fully saturated rings. The molecule has 2 aromatic heterocycles. The van der Waals surface area contributed by atoms with Gasteiger partial charge in [0.25, 0.3) is 10.0 Å². The number of anilines is 1. The largest absolute Gasteiger partial charge is 0.315 e. The SMILES string of the molecule is CCNCCn1nc(C)c(S(=O)(=O)Nc2nncs2)c1C. The van der Waals surface area contributed by atoms with Crippen molar-refractivity contribution in [2.45, 2.75) is 32.2 Å². The van der Waals surface area contributed by atoms with Gasteiger partial charge in [-0.2, -0.15) is 5.10 Å². The van der Waals surface area contributed by atoms with E-state index in [0.717, 1.165) is 24.4 Å². The van der Waals surface area contributed by atoms with Crippen molar-refractivity contribution >= 4 is 26.5 Å². The molecule has 0 radical (unpaired) electrons. The number of hydrogen-bond donors (Lipinski definition) is 2. The molecule has 2 aromatic rings. The van der Waals surface area contributed by atoms with E-state index in [-0.39, 0.29) is 10.0 Å². The number of hydrogen-bond acceptors (Lipinski definition) is 7. The summed E-state index contributed by atoms with van der Waals surface area (Å²) in [5.41, 5.74) is 2.56. The number of aryl methyl sites for hydroxylation is 1. The Bertz CT molecular complexity index is 693. The molecule has 2 N–H and O–H groups in total. The van der Waals surface area contributed by atoms with Crippen molar-refractivity contribution in [2.75, 3.05) is 17.8 Å². The van der Waals surface area contributed by atoms with Crippen molar-refractivity contribution in [1.82, 2.24) is 25.3 Å². The molecule has 0 atom stereocenters. The van der Waals surface area contributed by atoms with Gasteiger partial charge in [0.05, 0.1) is 17.9 Å². The maximum Gasteiger partial charge on any atom is 0.267 e. The molecule has 8 nitrogen and oxygen atoms in total. The number of rotatable bonds is 7. The number of nitrogens with zero attached hydrogens (tertiary/aromatic N) is 4. The molecule has 116 valence electrons. The van der Waals surface area contributed by atoms with E-state index in [0.29, 0.717) is 17.9 Å². The highest BCUT2D eigenvalue weighted by molar-refractivity contribution is 7.93. The summed E-state index contributed by atoms with van der Waals surface area (Å²) in [6.45, 7) is 7.68. The zero-order valence-corrected chi connectivity index (χ0v) is 13.8. The molecular weight excluding hydrogens is 312 g/mol. The molecule has 10 heteroatoms. The third-order valence-corrected chi connectivity index (χ3v) is 5.24. The van der Waals surface area contributed by atoms with Crippen LogP contribution in [0.2, 0.25) is 0 Å². The van der Waals surface area contributed by atoms with Crippen LogP contribution in [-0.2, 0) is 16.6 Å². The molecule has 0 saturated carbocycles. The van der Waals surface area contributed by atoms with Gasteiger partial charge in [0.2, 0.25) is 5.13 Å². The van der Waals surface area contributed by atoms with Gasteiger partial charge in [-0.05, 0) is 20.4 Å². The van der Waals surface area contributed by atoms with Crippen LogP contribution in [0, 0.1) is 13.8 Å². The Kier molecular flexibility index (Phi) is 4.91. The summed E-state index contributed by atoms with van der Waals surface area (Å²) in [6.07, 6.45) is 0. The topological polar surface area (TPSA) is 102 Å². The van der Waals surface area contributed by atoms with Crippen molar-refractivity contribution in [3.05, 3.63) is 16.9 Å². The minimum atomic E-state index is -3.70. The Morgan fingerprint density at radius 1 is 1.38 bits per heavy atom. The lowest BCUT2D eigenvalue weighted by Crippen LogP contribution is -2.21. The van der Waals surface area contributed by atoms with E-state index in [2.05, 4.69) is 25.3 Å². The quantitative estimate of drug-likeness (QED) is 0.727. The molecule has 0 aliphatic rings. The summed E-state index contributed by atoms with van der Waals surface area (Å²) < 4.78 is 29.0. The minimum absolute atomic E-state index is 0.203. The predicted molar refractivity (Wildman–Crippen MR) is 81.0 cm³/mol. The van der Waals surface area contributed by atoms with Crippen LogP contribution < -0.4 is 10.0 Å². The summed E-state index contributed by atoms with van der Waals surface area (Å²) in [6, 6.07) is 0. The highest BCUT2D eigenvalue weighted by Crippen LogP contribution is 2.22. The molecule has 0 spiro atoms. The fourth-order valence-electron chi connectivity index (χ4n) is 2.03. The Labute approximate surface area is 127 Å². The second-order valence-electron chi connectivity index (χ2n) is 4.43. The molecule has 0 unspecified atom stereocenters. The van der Waals surface area contributed by atoms with Crippen LogP contribution in [-0.4, -0.2) is 41.5 Å². The second-order valence-corrected chi connectivity index (χ2v) is 6.88. The van der Waals surface area contributed by atoms with Crippen molar-refractivity contribution in [3.8, 4) is 0 Å². The Morgan fingerprint density at radius 2 is 2.14 bits per heavy atom. The smallest absolute Gasteiger partial charge is 0.267 e. The van der Waals surface area contributed by atoms with Crippen molar-refractivity contribution in [2.24, 2.45) is 0 Å². The van der Waals surface area contributed by atoms with Crippen molar-refractivity contribution < 1.29 is 8.42 Å². The third kappa shape index (κ3) is 3.57. The molecule has 2 rings (SSSR count). The van der Waals surface area contributed by atoms with Crippen molar-refractivity contribution in [3.63, 3.8) is 0 Å². The lowest BCUT2D eigenvalue weighted by Gasteiger charge is -2.07. The average molecular weight is 330 g/mol. The van der Waals surface area contributed by atoms with E-state index in [1.807, 2.05) is 6.92 Å². The molecule has 0 amide bonds. The van der Waals surface area contributed by atoms with Gasteiger partial charge in [0.15, 0.2) is 0 Å². The van der Waals surface area contributed by atoms with Crippen LogP contribution in [0.3, 0.4) is 0 Å². The molecule has 0 aliphatic heterocycles. The fraction of sp³-hybridized carbons (Fsp3) is 0.545. The summed E-state index contributed by atoms with van der Waals surface area (Å²) in [4.78, 5) is 0.203. The lowest BCUT2D eigenvalue weighted by molar-refractivity contribution is 0.550. The second kappa shape index (κ2) is 6.50. The average Bonchev–Trinajstić information content (AvgIpc) is 2.98. The summed E-state index contributed by atoms with van der Waals surface area (Å²) >= 11 is 1.13. The van der Waals surface area contributed by atoms with Crippen LogP contribution in [0.4, 0.5) is 5.13 Å². The minimum Gasteiger partial charge on any atom is -0.315 e. The van der Waals surface area contributed by atoms with Crippen LogP contribution in [0.15, 0.2) is 10.4 Å². The van der Waals surface area contributed by atoms with E-state index >= 15 is 0 Å². The number of sulfonamides is 1. The van der Waals surface area contributed by atoms with Crippen LogP contribution in [0.1, 0.15) is 18.3 Å². The lowest BCUT2D eigenvalue weighted by atomic mass is 10.4. The number of aromatic nitrogens is 4. The maximum absolute atomic E-state index is 12.4. The normalized spacial score (nSPS) is 11.8. The first-order chi connectivity index (χ1) is 9.95. The molecule has 21 heavy (non-hydrogen) atoms. The molecule has 0 aromatic carbocycles. The van der Waals surface area contributed by atoms with E-state index < -0.39 is 10.0 Å². The third-order valence-electron chi connectivity index (χ3n) is 2.92. The first-order valence-corrected chi connectivity index (χ1v) is 8.85. The van der Waals surface area contributed by atoms with E-state index in [1.165, 1.54) is 5.51 Å². The van der Waals surface area contributed by atoms with Crippen LogP contribution in [0.5, 0.6) is 0 Å². The highest BCUT2D eigenvalue weighted by atomic mass is 32.2. The highest BCUT2D eigenvalue weighted by Gasteiger charge is 2.25. The van der Waals surface area contributed by atoms with Gasteiger partial charge in [0, 0.05) is 6.54 Å². The van der Waals surface area contributed by atoms with E-state index in [9.17, 15) is 8.42 Å². The van der Waals surface area contributed by atoms with Gasteiger partial charge >= 0.3 is 0 Å². The molecule has 0 aliphatic carbocycles. The number of likely N-dealkylation sites (N-methyl/N-ethyl adjacent to an activating group) is 1. The predicted octanol–water partition coefficient (Wildman–Crippen LogP) is 0.762. The summed E-state index contributed by atoms with van der Waals surface area (Å²) in [5.74, 6) is 0. The summed E-state index contributed by atoms with van der Waals surface area (Å²) in [5, 5.41) is 15.0. The Hall–Kier alpha value is -1.52. The van der Waals surface area contributed by atoms with Crippen LogP contribution in [0.25, 0.3) is 0 Å². The van der Waals surface area contributed by atoms with Gasteiger partial charge in [-0.1, -0.05) is 18.3 Å². The van der Waals surface area contributed by atoms with Crippen LogP contribution >= 0.6 is 11.3 Å². The van der Waals surface area contributed by atoms with Gasteiger partial charge < -0.3 is 5.32 Å². The van der Waals surface area contributed by atoms with Gasteiger partial charge in [-0.25, -0.2) is 8.42 Å². The monoisotopic (exact) mass is 330 g/mol. The van der Waals surface area contributed by atoms with Gasteiger partial charge in [-0.3, -0.25) is 9.40 Å². The number of nitrogens with one attached hydrogen (secondary N) is 2. The molecular formula is C11H18N6O2S2. The Balaban J connectivity index is 2.26. The van der Waals surface area contributed by atoms with Crippen molar-refractivity contribution in [1.29, 1.82) is 0 Å². The fourth-order valence-corrected chi connectivity index (χ4v) is 4.14. The van der Waals surface area contributed by atoms with E-state index in [1.54, 1.807) is 18.5 Å². The zero-order chi connectivity index (χ0) is 15.5. The Morgan fingerprint density at radius 3 is 2.76 bits per heavy atom. The first-order valence-electron chi connectivity index (χ1n) is 6.49. The summed E-state index contributed by atoms with van der Waals surface area (Å²) in [7, 11) is -3.70. The molecule has 0 bridgehead atoms. The zero-order valence-electron chi connectivity index (χ0n) is 12.1. The van der Waals surface area contributed by atoms with Gasteiger partial charge in [0.1, 0.15) is 10.4 Å². The maximum atomic E-state index is 12.4. The first kappa shape index (κ1) is 15.9. The molecule has 2 heterocycles. The van der Waals surface area contributed by atoms with E-state index in [4.69, 9.17) is 0 Å². The van der Waals surface area contributed by atoms with Gasteiger partial charge in [-0.15, -0.1) is 10.2 Å². The standard InChI is InChI=1S/C11H18N6O2S2/c1-4-12-5-6-17-9(3)10(8(2)15-17)21(18,19)16-11-14-13-7-20-11/h7,12H,4-6H2,1-3H3,(H,14,16).